The van der Waals surface area contributed by atoms with E-state index >= 15 is 0 Å². The number of hydrogen-bond acceptors (Lipinski definition) is 3. The van der Waals surface area contributed by atoms with Crippen LogP contribution in [0.4, 0.5) is 0 Å². The van der Waals surface area contributed by atoms with E-state index in [4.69, 9.17) is 9.47 Å². The van der Waals surface area contributed by atoms with Crippen LogP contribution in [0.1, 0.15) is 22.6 Å². The number of fused-ring (bicyclic) bond motifs is 1. The van der Waals surface area contributed by atoms with Crippen LogP contribution in [0.3, 0.4) is 0 Å². The molecule has 15 heavy (non-hydrogen) atoms. The third kappa shape index (κ3) is 1.33. The molecule has 4 nitrogen and oxygen atoms in total. The van der Waals surface area contributed by atoms with Crippen molar-refractivity contribution in [3.8, 4) is 0 Å². The van der Waals surface area contributed by atoms with Crippen LogP contribution >= 0.6 is 0 Å². The number of carbonyl (C=O) groups excluding carboxylic acids is 1. The highest BCUT2D eigenvalue weighted by Crippen LogP contribution is 2.33. The van der Waals surface area contributed by atoms with Gasteiger partial charge in [0.1, 0.15) is 0 Å². The Kier molecular flexibility index (Phi) is 1.94. The van der Waals surface area contributed by atoms with Gasteiger partial charge >= 0.3 is 0 Å². The summed E-state index contributed by atoms with van der Waals surface area (Å²) in [4.78, 5) is 10.8. The lowest BCUT2D eigenvalue weighted by Gasteiger charge is -2.32. The molecule has 0 amide bonds. The summed E-state index contributed by atoms with van der Waals surface area (Å²) < 4.78 is 13.4. The minimum Gasteiger partial charge on any atom is -0.347 e. The minimum atomic E-state index is -0.408. The highest BCUT2D eigenvalue weighted by atomic mass is 16.7. The lowest BCUT2D eigenvalue weighted by atomic mass is 10.0. The van der Waals surface area contributed by atoms with E-state index in [1.165, 1.54) is 0 Å². The van der Waals surface area contributed by atoms with Gasteiger partial charge in [-0.2, -0.15) is 0 Å². The summed E-state index contributed by atoms with van der Waals surface area (Å²) in [6.45, 7) is 2.17. The molecule has 2 aliphatic heterocycles. The molecule has 0 aliphatic carbocycles. The van der Waals surface area contributed by atoms with Crippen molar-refractivity contribution < 1.29 is 14.3 Å². The first-order valence-corrected chi connectivity index (χ1v) is 5.24. The third-order valence-corrected chi connectivity index (χ3v) is 3.21. The number of aromatic nitrogens is 1. The topological polar surface area (TPSA) is 40.5 Å². The zero-order valence-corrected chi connectivity index (χ0v) is 8.44. The van der Waals surface area contributed by atoms with Gasteiger partial charge in [0.25, 0.3) is 0 Å². The van der Waals surface area contributed by atoms with Crippen LogP contribution in [0.15, 0.2) is 12.1 Å². The van der Waals surface area contributed by atoms with E-state index in [-0.39, 0.29) is 0 Å². The van der Waals surface area contributed by atoms with E-state index < -0.39 is 5.79 Å². The molecule has 1 aromatic heterocycles. The molecule has 3 rings (SSSR count). The maximum atomic E-state index is 10.8. The molecule has 2 aliphatic rings. The summed E-state index contributed by atoms with van der Waals surface area (Å²) in [5.74, 6) is -0.408. The molecule has 0 aromatic carbocycles. The van der Waals surface area contributed by atoms with Crippen molar-refractivity contribution in [3.05, 3.63) is 23.5 Å². The predicted octanol–water partition coefficient (Wildman–Crippen LogP) is 0.990. The van der Waals surface area contributed by atoms with Crippen molar-refractivity contribution in [2.75, 3.05) is 13.2 Å². The van der Waals surface area contributed by atoms with E-state index in [1.54, 1.807) is 0 Å². The number of ether oxygens (including phenoxy) is 2. The molecular weight excluding hydrogens is 194 g/mol. The number of hydrogen-bond donors (Lipinski definition) is 0. The zero-order chi connectivity index (χ0) is 10.3. The SMILES string of the molecule is O=Cc1ccc2n1CCC1(C2)OCCO1. The van der Waals surface area contributed by atoms with Gasteiger partial charge in [0, 0.05) is 25.1 Å². The molecule has 4 heteroatoms. The Hall–Kier alpha value is -1.13. The monoisotopic (exact) mass is 207 g/mol. The van der Waals surface area contributed by atoms with Gasteiger partial charge in [0.15, 0.2) is 12.1 Å². The normalized spacial score (nSPS) is 22.9. The first-order chi connectivity index (χ1) is 7.33. The summed E-state index contributed by atoms with van der Waals surface area (Å²) in [7, 11) is 0. The number of aldehydes is 1. The minimum absolute atomic E-state index is 0.408. The largest absolute Gasteiger partial charge is 0.347 e. The van der Waals surface area contributed by atoms with Crippen LogP contribution < -0.4 is 0 Å². The molecule has 0 atom stereocenters. The zero-order valence-electron chi connectivity index (χ0n) is 8.44. The van der Waals surface area contributed by atoms with E-state index in [1.807, 2.05) is 16.7 Å². The molecule has 0 unspecified atom stereocenters. The van der Waals surface area contributed by atoms with Gasteiger partial charge < -0.3 is 14.0 Å². The maximum absolute atomic E-state index is 10.8. The van der Waals surface area contributed by atoms with Crippen LogP contribution in [0.2, 0.25) is 0 Å². The van der Waals surface area contributed by atoms with Gasteiger partial charge in [-0.15, -0.1) is 0 Å². The molecule has 3 heterocycles. The fourth-order valence-corrected chi connectivity index (χ4v) is 2.45. The highest BCUT2D eigenvalue weighted by molar-refractivity contribution is 5.72. The summed E-state index contributed by atoms with van der Waals surface area (Å²) in [6, 6.07) is 3.84. The second-order valence-electron chi connectivity index (χ2n) is 4.05. The summed E-state index contributed by atoms with van der Waals surface area (Å²) in [6.07, 6.45) is 2.48. The Morgan fingerprint density at radius 3 is 2.87 bits per heavy atom. The Labute approximate surface area is 87.8 Å². The molecular formula is C11H13NO3. The van der Waals surface area contributed by atoms with Crippen molar-refractivity contribution in [2.24, 2.45) is 0 Å². The lowest BCUT2D eigenvalue weighted by Crippen LogP contribution is -2.39. The molecule has 0 radical (unpaired) electrons. The fraction of sp³-hybridized carbons (Fsp3) is 0.545. The average molecular weight is 207 g/mol. The van der Waals surface area contributed by atoms with E-state index in [9.17, 15) is 4.79 Å². The first-order valence-electron chi connectivity index (χ1n) is 5.24. The summed E-state index contributed by atoms with van der Waals surface area (Å²) in [5, 5.41) is 0. The van der Waals surface area contributed by atoms with E-state index in [2.05, 4.69) is 0 Å². The Bertz CT molecular complexity index is 391. The van der Waals surface area contributed by atoms with E-state index in [0.29, 0.717) is 13.2 Å². The van der Waals surface area contributed by atoms with Crippen LogP contribution in [-0.2, 0) is 22.4 Å². The van der Waals surface area contributed by atoms with Gasteiger partial charge in [-0.3, -0.25) is 4.79 Å². The van der Waals surface area contributed by atoms with Crippen molar-refractivity contribution >= 4 is 6.29 Å². The number of nitrogens with zero attached hydrogens (tertiary/aromatic N) is 1. The average Bonchev–Trinajstić information content (AvgIpc) is 2.85. The lowest BCUT2D eigenvalue weighted by molar-refractivity contribution is -0.169. The third-order valence-electron chi connectivity index (χ3n) is 3.21. The molecule has 0 bridgehead atoms. The van der Waals surface area contributed by atoms with Crippen LogP contribution in [0.25, 0.3) is 0 Å². The van der Waals surface area contributed by atoms with Crippen LogP contribution in [0, 0.1) is 0 Å². The smallest absolute Gasteiger partial charge is 0.175 e. The van der Waals surface area contributed by atoms with Gasteiger partial charge in [0.2, 0.25) is 0 Å². The number of rotatable bonds is 1. The highest BCUT2D eigenvalue weighted by Gasteiger charge is 2.40. The van der Waals surface area contributed by atoms with Gasteiger partial charge in [0.05, 0.1) is 18.9 Å². The summed E-state index contributed by atoms with van der Waals surface area (Å²) in [5.41, 5.74) is 1.88. The van der Waals surface area contributed by atoms with Gasteiger partial charge in [-0.05, 0) is 12.1 Å². The maximum Gasteiger partial charge on any atom is 0.175 e. The first kappa shape index (κ1) is 9.12. The van der Waals surface area contributed by atoms with Crippen molar-refractivity contribution in [1.29, 1.82) is 0 Å². The van der Waals surface area contributed by atoms with Crippen molar-refractivity contribution in [3.63, 3.8) is 0 Å². The van der Waals surface area contributed by atoms with Gasteiger partial charge in [-0.25, -0.2) is 0 Å². The quantitative estimate of drug-likeness (QED) is 0.645. The molecule has 1 aromatic rings. The Balaban J connectivity index is 1.93. The summed E-state index contributed by atoms with van der Waals surface area (Å²) >= 11 is 0. The van der Waals surface area contributed by atoms with Crippen molar-refractivity contribution in [1.82, 2.24) is 4.57 Å². The fourth-order valence-electron chi connectivity index (χ4n) is 2.45. The standard InChI is InChI=1S/C11H13NO3/c13-8-10-2-1-9-7-11(3-4-12(9)10)14-5-6-15-11/h1-2,8H,3-7H2. The molecule has 80 valence electrons. The second kappa shape index (κ2) is 3.18. The predicted molar refractivity (Wildman–Crippen MR) is 52.8 cm³/mol. The van der Waals surface area contributed by atoms with Crippen molar-refractivity contribution in [2.45, 2.75) is 25.2 Å². The van der Waals surface area contributed by atoms with Gasteiger partial charge in [-0.1, -0.05) is 0 Å². The van der Waals surface area contributed by atoms with E-state index in [0.717, 1.165) is 37.1 Å². The molecule has 1 spiro atoms. The second-order valence-corrected chi connectivity index (χ2v) is 4.05. The molecule has 1 saturated heterocycles. The Morgan fingerprint density at radius 1 is 1.33 bits per heavy atom. The molecule has 1 fully saturated rings. The molecule has 0 saturated carbocycles. The molecule has 0 N–H and O–H groups in total. The Morgan fingerprint density at radius 2 is 2.13 bits per heavy atom. The number of carbonyl (C=O) groups is 1. The van der Waals surface area contributed by atoms with Crippen LogP contribution in [0.5, 0.6) is 0 Å². The van der Waals surface area contributed by atoms with Crippen LogP contribution in [-0.4, -0.2) is 29.9 Å².